The second-order valence-corrected chi connectivity index (χ2v) is 6.92. The van der Waals surface area contributed by atoms with Gasteiger partial charge in [-0.3, -0.25) is 0 Å². The second kappa shape index (κ2) is 5.28. The van der Waals surface area contributed by atoms with Crippen molar-refractivity contribution in [1.29, 1.82) is 0 Å². The van der Waals surface area contributed by atoms with Crippen LogP contribution >= 0.6 is 11.6 Å². The van der Waals surface area contributed by atoms with E-state index in [0.717, 1.165) is 18.5 Å². The van der Waals surface area contributed by atoms with Gasteiger partial charge >= 0.3 is 5.97 Å². The number of halogens is 1. The summed E-state index contributed by atoms with van der Waals surface area (Å²) in [5, 5.41) is 3.99. The standard InChI is InChI=1S/C16H22ClNO2/c1-11-9-15(2,3)10-16(11,14(19)20-4)18-13-8-6-5-7-12(13)17/h5-8,11,18H,9-10H2,1-4H3. The van der Waals surface area contributed by atoms with Crippen LogP contribution in [-0.4, -0.2) is 18.6 Å². The van der Waals surface area contributed by atoms with Crippen molar-refractivity contribution in [2.24, 2.45) is 11.3 Å². The van der Waals surface area contributed by atoms with Crippen molar-refractivity contribution < 1.29 is 9.53 Å². The van der Waals surface area contributed by atoms with E-state index in [1.54, 1.807) is 0 Å². The van der Waals surface area contributed by atoms with E-state index in [-0.39, 0.29) is 17.3 Å². The maximum absolute atomic E-state index is 12.4. The molecule has 110 valence electrons. The Morgan fingerprint density at radius 3 is 2.55 bits per heavy atom. The normalized spacial score (nSPS) is 28.1. The Labute approximate surface area is 125 Å². The molecule has 0 spiro atoms. The van der Waals surface area contributed by atoms with Crippen LogP contribution < -0.4 is 5.32 Å². The number of ether oxygens (including phenoxy) is 1. The highest BCUT2D eigenvalue weighted by molar-refractivity contribution is 6.33. The first-order valence-electron chi connectivity index (χ1n) is 6.92. The summed E-state index contributed by atoms with van der Waals surface area (Å²) >= 11 is 6.22. The largest absolute Gasteiger partial charge is 0.467 e. The van der Waals surface area contributed by atoms with Crippen molar-refractivity contribution in [3.8, 4) is 0 Å². The van der Waals surface area contributed by atoms with Gasteiger partial charge in [-0.1, -0.05) is 44.5 Å². The summed E-state index contributed by atoms with van der Waals surface area (Å²) in [5.74, 6) is -0.0308. The highest BCUT2D eigenvalue weighted by Crippen LogP contribution is 2.49. The lowest BCUT2D eigenvalue weighted by Gasteiger charge is -2.33. The van der Waals surface area contributed by atoms with Crippen molar-refractivity contribution >= 4 is 23.3 Å². The van der Waals surface area contributed by atoms with Crippen molar-refractivity contribution in [3.63, 3.8) is 0 Å². The predicted octanol–water partition coefficient (Wildman–Crippen LogP) is 4.12. The highest BCUT2D eigenvalue weighted by atomic mass is 35.5. The molecule has 0 bridgehead atoms. The van der Waals surface area contributed by atoms with E-state index >= 15 is 0 Å². The number of carbonyl (C=O) groups is 1. The lowest BCUT2D eigenvalue weighted by Crippen LogP contribution is -2.50. The second-order valence-electron chi connectivity index (χ2n) is 6.51. The number of nitrogens with one attached hydrogen (secondary N) is 1. The summed E-state index contributed by atoms with van der Waals surface area (Å²) in [5.41, 5.74) is 0.176. The van der Waals surface area contributed by atoms with E-state index in [0.29, 0.717) is 5.02 Å². The summed E-state index contributed by atoms with van der Waals surface area (Å²) in [7, 11) is 1.44. The molecule has 2 atom stereocenters. The van der Waals surface area contributed by atoms with Crippen LogP contribution in [0.4, 0.5) is 5.69 Å². The Kier molecular flexibility index (Phi) is 4.01. The van der Waals surface area contributed by atoms with Crippen LogP contribution in [0.3, 0.4) is 0 Å². The van der Waals surface area contributed by atoms with Gasteiger partial charge in [0.25, 0.3) is 0 Å². The third-order valence-corrected chi connectivity index (χ3v) is 4.57. The van der Waals surface area contributed by atoms with E-state index in [4.69, 9.17) is 16.3 Å². The smallest absolute Gasteiger partial charge is 0.331 e. The molecule has 0 saturated heterocycles. The Hall–Kier alpha value is -1.22. The van der Waals surface area contributed by atoms with Gasteiger partial charge < -0.3 is 10.1 Å². The average Bonchev–Trinajstić information content (AvgIpc) is 2.61. The molecule has 2 rings (SSSR count). The molecule has 1 aromatic carbocycles. The van der Waals surface area contributed by atoms with Crippen molar-refractivity contribution in [3.05, 3.63) is 29.3 Å². The Bertz CT molecular complexity index is 515. The molecule has 20 heavy (non-hydrogen) atoms. The van der Waals surface area contributed by atoms with Crippen LogP contribution in [0, 0.1) is 11.3 Å². The first-order valence-corrected chi connectivity index (χ1v) is 7.30. The van der Waals surface area contributed by atoms with E-state index < -0.39 is 5.54 Å². The van der Waals surface area contributed by atoms with Gasteiger partial charge in [-0.15, -0.1) is 0 Å². The van der Waals surface area contributed by atoms with Crippen LogP contribution in [0.2, 0.25) is 5.02 Å². The molecule has 0 amide bonds. The molecule has 4 heteroatoms. The number of esters is 1. The number of para-hydroxylation sites is 1. The molecule has 1 fully saturated rings. The van der Waals surface area contributed by atoms with E-state index in [1.807, 2.05) is 24.3 Å². The summed E-state index contributed by atoms with van der Waals surface area (Å²) in [4.78, 5) is 12.4. The molecule has 0 heterocycles. The van der Waals surface area contributed by atoms with E-state index in [1.165, 1.54) is 7.11 Å². The fourth-order valence-electron chi connectivity index (χ4n) is 3.48. The third-order valence-electron chi connectivity index (χ3n) is 4.24. The minimum Gasteiger partial charge on any atom is -0.467 e. The SMILES string of the molecule is COC(=O)C1(Nc2ccccc2Cl)CC(C)(C)CC1C. The van der Waals surface area contributed by atoms with Gasteiger partial charge in [0.2, 0.25) is 0 Å². The highest BCUT2D eigenvalue weighted by Gasteiger charge is 2.54. The van der Waals surface area contributed by atoms with Crippen molar-refractivity contribution in [2.45, 2.75) is 39.2 Å². The van der Waals surface area contributed by atoms with Gasteiger partial charge in [0.15, 0.2) is 0 Å². The summed E-state index contributed by atoms with van der Waals surface area (Å²) < 4.78 is 5.07. The summed E-state index contributed by atoms with van der Waals surface area (Å²) in [6, 6.07) is 7.50. The van der Waals surface area contributed by atoms with Crippen LogP contribution in [0.15, 0.2) is 24.3 Å². The molecule has 1 saturated carbocycles. The molecular weight excluding hydrogens is 274 g/mol. The lowest BCUT2D eigenvalue weighted by molar-refractivity contribution is -0.147. The van der Waals surface area contributed by atoms with Gasteiger partial charge in [-0.2, -0.15) is 0 Å². The topological polar surface area (TPSA) is 38.3 Å². The van der Waals surface area contributed by atoms with Crippen molar-refractivity contribution in [2.75, 3.05) is 12.4 Å². The summed E-state index contributed by atoms with van der Waals surface area (Å²) in [6.07, 6.45) is 1.71. The zero-order valence-corrected chi connectivity index (χ0v) is 13.3. The van der Waals surface area contributed by atoms with Crippen LogP contribution in [0.5, 0.6) is 0 Å². The van der Waals surface area contributed by atoms with Gasteiger partial charge in [0.05, 0.1) is 17.8 Å². The first kappa shape index (κ1) is 15.2. The molecule has 0 aliphatic heterocycles. The van der Waals surface area contributed by atoms with Crippen molar-refractivity contribution in [1.82, 2.24) is 0 Å². The molecule has 3 nitrogen and oxygen atoms in total. The number of rotatable bonds is 3. The quantitative estimate of drug-likeness (QED) is 0.853. The minimum atomic E-state index is -0.705. The third kappa shape index (κ3) is 2.64. The molecule has 0 aromatic heterocycles. The predicted molar refractivity (Wildman–Crippen MR) is 82.0 cm³/mol. The number of anilines is 1. The monoisotopic (exact) mass is 295 g/mol. The maximum atomic E-state index is 12.4. The first-order chi connectivity index (χ1) is 9.31. The Morgan fingerprint density at radius 1 is 1.40 bits per heavy atom. The Morgan fingerprint density at radius 2 is 2.05 bits per heavy atom. The molecule has 0 radical (unpaired) electrons. The molecule has 1 aromatic rings. The lowest BCUT2D eigenvalue weighted by atomic mass is 9.86. The molecular formula is C16H22ClNO2. The number of carbonyl (C=O) groups excluding carboxylic acids is 1. The van der Waals surface area contributed by atoms with E-state index in [2.05, 4.69) is 26.1 Å². The number of hydrogen-bond acceptors (Lipinski definition) is 3. The van der Waals surface area contributed by atoms with Gasteiger partial charge in [0, 0.05) is 0 Å². The zero-order chi connectivity index (χ0) is 15.0. The molecule has 2 unspecified atom stereocenters. The maximum Gasteiger partial charge on any atom is 0.331 e. The zero-order valence-electron chi connectivity index (χ0n) is 12.5. The minimum absolute atomic E-state index is 0.0991. The molecule has 1 aliphatic carbocycles. The average molecular weight is 296 g/mol. The summed E-state index contributed by atoms with van der Waals surface area (Å²) in [6.45, 7) is 6.46. The number of hydrogen-bond donors (Lipinski definition) is 1. The fourth-order valence-corrected chi connectivity index (χ4v) is 3.66. The van der Waals surface area contributed by atoms with Gasteiger partial charge in [-0.05, 0) is 36.3 Å². The van der Waals surface area contributed by atoms with Crippen LogP contribution in [0.25, 0.3) is 0 Å². The molecule has 1 N–H and O–H groups in total. The fraction of sp³-hybridized carbons (Fsp3) is 0.562. The van der Waals surface area contributed by atoms with Crippen LogP contribution in [0.1, 0.15) is 33.6 Å². The molecule has 1 aliphatic rings. The van der Waals surface area contributed by atoms with Crippen LogP contribution in [-0.2, 0) is 9.53 Å². The number of benzene rings is 1. The van der Waals surface area contributed by atoms with Gasteiger partial charge in [-0.25, -0.2) is 4.79 Å². The Balaban J connectivity index is 2.40. The van der Waals surface area contributed by atoms with Gasteiger partial charge in [0.1, 0.15) is 5.54 Å². The van der Waals surface area contributed by atoms with E-state index in [9.17, 15) is 4.79 Å². The number of methoxy groups -OCH3 is 1.